The van der Waals surface area contributed by atoms with Crippen molar-refractivity contribution in [3.05, 3.63) is 57.6 Å². The van der Waals surface area contributed by atoms with Crippen LogP contribution in [0.3, 0.4) is 0 Å². The van der Waals surface area contributed by atoms with Gasteiger partial charge in [0.05, 0.1) is 7.11 Å². The second kappa shape index (κ2) is 9.80. The molecule has 2 aromatic carbocycles. The van der Waals surface area contributed by atoms with E-state index in [1.165, 1.54) is 11.1 Å². The molecule has 0 radical (unpaired) electrons. The topological polar surface area (TPSA) is 33.7 Å². The van der Waals surface area contributed by atoms with Crippen molar-refractivity contribution in [1.29, 1.82) is 0 Å². The molecule has 0 aromatic heterocycles. The summed E-state index contributed by atoms with van der Waals surface area (Å²) in [7, 11) is 5.82. The highest BCUT2D eigenvalue weighted by molar-refractivity contribution is 9.10. The molecule has 0 spiro atoms. The first-order valence-electron chi connectivity index (χ1n) is 8.40. The van der Waals surface area contributed by atoms with Crippen LogP contribution in [0.4, 0.5) is 0 Å². The van der Waals surface area contributed by atoms with E-state index in [2.05, 4.69) is 59.3 Å². The molecule has 0 heterocycles. The molecule has 4 nitrogen and oxygen atoms in total. The van der Waals surface area contributed by atoms with Gasteiger partial charge in [-0.15, -0.1) is 0 Å². The van der Waals surface area contributed by atoms with Crippen molar-refractivity contribution in [3.63, 3.8) is 0 Å². The molecule has 0 bridgehead atoms. The summed E-state index contributed by atoms with van der Waals surface area (Å²) in [4.78, 5) is 2.16. The van der Waals surface area contributed by atoms with Crippen LogP contribution in [0.15, 0.2) is 40.9 Å². The van der Waals surface area contributed by atoms with E-state index in [-0.39, 0.29) is 0 Å². The number of nitrogens with zero attached hydrogens (tertiary/aromatic N) is 1. The van der Waals surface area contributed by atoms with Gasteiger partial charge in [0.2, 0.25) is 0 Å². The zero-order chi connectivity index (χ0) is 18.2. The number of rotatable bonds is 9. The molecule has 0 saturated heterocycles. The molecule has 2 rings (SSSR count). The number of methoxy groups -OCH3 is 1. The lowest BCUT2D eigenvalue weighted by atomic mass is 10.1. The van der Waals surface area contributed by atoms with Gasteiger partial charge in [-0.05, 0) is 49.8 Å². The van der Waals surface area contributed by atoms with Crippen molar-refractivity contribution in [2.24, 2.45) is 0 Å². The SMILES string of the molecule is COc1cc(CNCCN(C)C)c(Br)cc1OCc1ccccc1C. The van der Waals surface area contributed by atoms with E-state index in [1.807, 2.05) is 24.3 Å². The summed E-state index contributed by atoms with van der Waals surface area (Å²) in [5.41, 5.74) is 3.55. The number of hydrogen-bond donors (Lipinski definition) is 1. The fourth-order valence-electron chi connectivity index (χ4n) is 2.44. The second-order valence-corrected chi connectivity index (χ2v) is 7.14. The van der Waals surface area contributed by atoms with Crippen molar-refractivity contribution in [1.82, 2.24) is 10.2 Å². The Morgan fingerprint density at radius 1 is 1.08 bits per heavy atom. The Morgan fingerprint density at radius 2 is 1.84 bits per heavy atom. The molecule has 0 aliphatic rings. The summed E-state index contributed by atoms with van der Waals surface area (Å²) >= 11 is 3.65. The van der Waals surface area contributed by atoms with Crippen molar-refractivity contribution < 1.29 is 9.47 Å². The quantitative estimate of drug-likeness (QED) is 0.638. The Kier molecular flexibility index (Phi) is 7.75. The fourth-order valence-corrected chi connectivity index (χ4v) is 2.90. The zero-order valence-corrected chi connectivity index (χ0v) is 17.0. The molecule has 0 aliphatic heterocycles. The Labute approximate surface area is 159 Å². The van der Waals surface area contributed by atoms with Gasteiger partial charge in [-0.3, -0.25) is 0 Å². The molecule has 0 fully saturated rings. The minimum Gasteiger partial charge on any atom is -0.493 e. The molecule has 0 atom stereocenters. The summed E-state index contributed by atoms with van der Waals surface area (Å²) < 4.78 is 12.5. The summed E-state index contributed by atoms with van der Waals surface area (Å²) in [5.74, 6) is 1.50. The van der Waals surface area contributed by atoms with Gasteiger partial charge < -0.3 is 19.7 Å². The predicted molar refractivity (Wildman–Crippen MR) is 106 cm³/mol. The summed E-state index contributed by atoms with van der Waals surface area (Å²) in [5, 5.41) is 3.44. The summed E-state index contributed by atoms with van der Waals surface area (Å²) in [6.45, 7) is 5.34. The fraction of sp³-hybridized carbons (Fsp3) is 0.400. The van der Waals surface area contributed by atoms with Gasteiger partial charge in [-0.25, -0.2) is 0 Å². The molecule has 0 aliphatic carbocycles. The van der Waals surface area contributed by atoms with Crippen molar-refractivity contribution in [2.75, 3.05) is 34.3 Å². The van der Waals surface area contributed by atoms with Crippen LogP contribution in [-0.4, -0.2) is 39.2 Å². The van der Waals surface area contributed by atoms with Crippen LogP contribution in [0.1, 0.15) is 16.7 Å². The number of hydrogen-bond acceptors (Lipinski definition) is 4. The number of halogens is 1. The standard InChI is InChI=1S/C20H27BrN2O2/c1-15-7-5-6-8-16(15)14-25-20-12-18(21)17(11-19(20)24-4)13-22-9-10-23(2)3/h5-8,11-12,22H,9-10,13-14H2,1-4H3. The van der Waals surface area contributed by atoms with Crippen LogP contribution in [0.25, 0.3) is 0 Å². The Hall–Kier alpha value is -1.56. The minimum atomic E-state index is 0.524. The molecule has 2 aromatic rings. The maximum atomic E-state index is 6.01. The lowest BCUT2D eigenvalue weighted by Gasteiger charge is -2.16. The molecule has 25 heavy (non-hydrogen) atoms. The maximum Gasteiger partial charge on any atom is 0.162 e. The van der Waals surface area contributed by atoms with E-state index in [9.17, 15) is 0 Å². The Bertz CT molecular complexity index is 689. The Balaban J connectivity index is 2.04. The monoisotopic (exact) mass is 406 g/mol. The zero-order valence-electron chi connectivity index (χ0n) is 15.4. The Morgan fingerprint density at radius 3 is 2.52 bits per heavy atom. The highest BCUT2D eigenvalue weighted by atomic mass is 79.9. The van der Waals surface area contributed by atoms with E-state index >= 15 is 0 Å². The molecular weight excluding hydrogens is 380 g/mol. The molecule has 136 valence electrons. The van der Waals surface area contributed by atoms with E-state index in [0.717, 1.165) is 41.2 Å². The number of benzene rings is 2. The van der Waals surface area contributed by atoms with Gasteiger partial charge in [0, 0.05) is 24.1 Å². The van der Waals surface area contributed by atoms with Gasteiger partial charge in [-0.2, -0.15) is 0 Å². The highest BCUT2D eigenvalue weighted by Gasteiger charge is 2.11. The van der Waals surface area contributed by atoms with E-state index < -0.39 is 0 Å². The number of aryl methyl sites for hydroxylation is 1. The minimum absolute atomic E-state index is 0.524. The third-order valence-electron chi connectivity index (χ3n) is 4.03. The number of nitrogens with one attached hydrogen (secondary N) is 1. The smallest absolute Gasteiger partial charge is 0.162 e. The van der Waals surface area contributed by atoms with Crippen LogP contribution in [0.5, 0.6) is 11.5 Å². The van der Waals surface area contributed by atoms with E-state index in [4.69, 9.17) is 9.47 Å². The van der Waals surface area contributed by atoms with Crippen LogP contribution < -0.4 is 14.8 Å². The molecule has 5 heteroatoms. The maximum absolute atomic E-state index is 6.01. The van der Waals surface area contributed by atoms with Crippen molar-refractivity contribution in [3.8, 4) is 11.5 Å². The summed E-state index contributed by atoms with van der Waals surface area (Å²) in [6.07, 6.45) is 0. The third-order valence-corrected chi connectivity index (χ3v) is 4.77. The average molecular weight is 407 g/mol. The average Bonchev–Trinajstić information content (AvgIpc) is 2.59. The first kappa shape index (κ1) is 19.8. The largest absolute Gasteiger partial charge is 0.493 e. The second-order valence-electron chi connectivity index (χ2n) is 6.29. The lowest BCUT2D eigenvalue weighted by Crippen LogP contribution is -2.26. The first-order chi connectivity index (χ1) is 12.0. The van der Waals surface area contributed by atoms with Gasteiger partial charge in [-0.1, -0.05) is 40.2 Å². The van der Waals surface area contributed by atoms with Crippen molar-refractivity contribution in [2.45, 2.75) is 20.1 Å². The number of likely N-dealkylation sites (N-methyl/N-ethyl adjacent to an activating group) is 1. The molecule has 1 N–H and O–H groups in total. The van der Waals surface area contributed by atoms with Gasteiger partial charge in [0.1, 0.15) is 6.61 Å². The first-order valence-corrected chi connectivity index (χ1v) is 9.19. The lowest BCUT2D eigenvalue weighted by molar-refractivity contribution is 0.283. The van der Waals surface area contributed by atoms with Crippen LogP contribution in [0, 0.1) is 6.92 Å². The van der Waals surface area contributed by atoms with Crippen LogP contribution >= 0.6 is 15.9 Å². The van der Waals surface area contributed by atoms with E-state index in [0.29, 0.717) is 6.61 Å². The number of ether oxygens (including phenoxy) is 2. The van der Waals surface area contributed by atoms with Crippen molar-refractivity contribution >= 4 is 15.9 Å². The molecule has 0 amide bonds. The van der Waals surface area contributed by atoms with Gasteiger partial charge in [0.15, 0.2) is 11.5 Å². The highest BCUT2D eigenvalue weighted by Crippen LogP contribution is 2.34. The van der Waals surface area contributed by atoms with Gasteiger partial charge >= 0.3 is 0 Å². The van der Waals surface area contributed by atoms with Gasteiger partial charge in [0.25, 0.3) is 0 Å². The van der Waals surface area contributed by atoms with Crippen LogP contribution in [-0.2, 0) is 13.2 Å². The molecule has 0 saturated carbocycles. The van der Waals surface area contributed by atoms with Crippen LogP contribution in [0.2, 0.25) is 0 Å². The predicted octanol–water partition coefficient (Wildman–Crippen LogP) is 4.00. The molecular formula is C20H27BrN2O2. The summed E-state index contributed by atoms with van der Waals surface area (Å²) in [6, 6.07) is 12.3. The van der Waals surface area contributed by atoms with E-state index in [1.54, 1.807) is 7.11 Å². The third kappa shape index (κ3) is 6.03. The normalized spacial score (nSPS) is 11.0. The molecule has 0 unspecified atom stereocenters.